The molecular weight excluding hydrogens is 296 g/mol. The molecule has 7 heteroatoms. The lowest BCUT2D eigenvalue weighted by atomic mass is 9.94. The molecule has 0 aliphatic carbocycles. The highest BCUT2D eigenvalue weighted by Gasteiger charge is 2.33. The van der Waals surface area contributed by atoms with Gasteiger partial charge in [0.25, 0.3) is 0 Å². The molecule has 2 heterocycles. The lowest BCUT2D eigenvalue weighted by molar-refractivity contribution is -0.129. The topological polar surface area (TPSA) is 75.2 Å². The fraction of sp³-hybridized carbons (Fsp3) is 0.875. The number of ether oxygens (including phenoxy) is 2. The Balaban J connectivity index is 1.81. The quantitative estimate of drug-likeness (QED) is 0.563. The van der Waals surface area contributed by atoms with E-state index < -0.39 is 0 Å². The summed E-state index contributed by atoms with van der Waals surface area (Å²) in [6.45, 7) is 5.65. The molecule has 132 valence electrons. The van der Waals surface area contributed by atoms with Gasteiger partial charge in [-0.2, -0.15) is 0 Å². The predicted octanol–water partition coefficient (Wildman–Crippen LogP) is 0.358. The normalized spacial score (nSPS) is 24.6. The number of aliphatic imine (C=N–C) groups is 1. The predicted molar refractivity (Wildman–Crippen MR) is 89.6 cm³/mol. The number of hydrogen-bond donors (Lipinski definition) is 2. The van der Waals surface area contributed by atoms with Gasteiger partial charge in [0.1, 0.15) is 0 Å². The van der Waals surface area contributed by atoms with Gasteiger partial charge in [-0.15, -0.1) is 0 Å². The van der Waals surface area contributed by atoms with Crippen LogP contribution in [0.3, 0.4) is 0 Å². The summed E-state index contributed by atoms with van der Waals surface area (Å²) in [6.07, 6.45) is 3.29. The van der Waals surface area contributed by atoms with Crippen LogP contribution in [-0.2, 0) is 14.3 Å². The second kappa shape index (κ2) is 8.49. The van der Waals surface area contributed by atoms with Crippen LogP contribution < -0.4 is 10.6 Å². The fourth-order valence-corrected chi connectivity index (χ4v) is 3.16. The molecule has 0 spiro atoms. The van der Waals surface area contributed by atoms with Gasteiger partial charge in [-0.25, -0.2) is 0 Å². The van der Waals surface area contributed by atoms with E-state index in [1.807, 2.05) is 11.8 Å². The van der Waals surface area contributed by atoms with E-state index in [0.717, 1.165) is 51.5 Å². The number of guanidine groups is 1. The monoisotopic (exact) mass is 326 g/mol. The van der Waals surface area contributed by atoms with E-state index in [4.69, 9.17) is 9.47 Å². The number of amides is 1. The molecule has 0 aromatic rings. The summed E-state index contributed by atoms with van der Waals surface area (Å²) in [5.74, 6) is 0.988. The van der Waals surface area contributed by atoms with Gasteiger partial charge in [0.05, 0.1) is 5.60 Å². The molecule has 0 bridgehead atoms. The van der Waals surface area contributed by atoms with Crippen molar-refractivity contribution in [3.8, 4) is 0 Å². The van der Waals surface area contributed by atoms with Crippen LogP contribution >= 0.6 is 0 Å². The second-order valence-corrected chi connectivity index (χ2v) is 6.25. The first kappa shape index (κ1) is 18.0. The first-order valence-electron chi connectivity index (χ1n) is 8.50. The van der Waals surface area contributed by atoms with Crippen LogP contribution in [0.1, 0.15) is 32.6 Å². The summed E-state index contributed by atoms with van der Waals surface area (Å²) < 4.78 is 11.1. The van der Waals surface area contributed by atoms with Crippen molar-refractivity contribution in [3.63, 3.8) is 0 Å². The van der Waals surface area contributed by atoms with E-state index in [9.17, 15) is 4.79 Å². The zero-order chi connectivity index (χ0) is 16.7. The van der Waals surface area contributed by atoms with Crippen LogP contribution in [-0.4, -0.2) is 75.4 Å². The maximum absolute atomic E-state index is 11.8. The summed E-state index contributed by atoms with van der Waals surface area (Å²) in [6, 6.07) is 0.255. The number of likely N-dealkylation sites (tertiary alicyclic amines) is 1. The Morgan fingerprint density at radius 1 is 1.43 bits per heavy atom. The lowest BCUT2D eigenvalue weighted by Gasteiger charge is -2.36. The Morgan fingerprint density at radius 3 is 2.78 bits per heavy atom. The van der Waals surface area contributed by atoms with Crippen molar-refractivity contribution < 1.29 is 14.3 Å². The van der Waals surface area contributed by atoms with E-state index in [-0.39, 0.29) is 17.6 Å². The zero-order valence-electron chi connectivity index (χ0n) is 14.6. The molecule has 7 nitrogen and oxygen atoms in total. The molecule has 0 aromatic carbocycles. The number of carbonyl (C=O) groups excluding carboxylic acids is 1. The Bertz CT molecular complexity index is 422. The number of hydrogen-bond acceptors (Lipinski definition) is 4. The molecule has 1 amide bonds. The Morgan fingerprint density at radius 2 is 2.17 bits per heavy atom. The second-order valence-electron chi connectivity index (χ2n) is 6.25. The highest BCUT2D eigenvalue weighted by molar-refractivity contribution is 5.80. The minimum absolute atomic E-state index is 0.185. The Labute approximate surface area is 138 Å². The fourth-order valence-electron chi connectivity index (χ4n) is 3.16. The first-order chi connectivity index (χ1) is 11.1. The van der Waals surface area contributed by atoms with Crippen molar-refractivity contribution in [3.05, 3.63) is 0 Å². The molecule has 2 saturated heterocycles. The van der Waals surface area contributed by atoms with Gasteiger partial charge in [-0.05, 0) is 6.42 Å². The van der Waals surface area contributed by atoms with Crippen LogP contribution in [0, 0.1) is 0 Å². The van der Waals surface area contributed by atoms with E-state index in [1.54, 1.807) is 14.2 Å². The summed E-state index contributed by atoms with van der Waals surface area (Å²) in [5.41, 5.74) is -0.185. The van der Waals surface area contributed by atoms with Gasteiger partial charge in [0.2, 0.25) is 5.91 Å². The smallest absolute Gasteiger partial charge is 0.222 e. The van der Waals surface area contributed by atoms with Crippen LogP contribution in [0.4, 0.5) is 0 Å². The molecular formula is C16H30N4O3. The number of methoxy groups -OCH3 is 1. The van der Waals surface area contributed by atoms with Gasteiger partial charge in [0.15, 0.2) is 5.96 Å². The third-order valence-corrected chi connectivity index (χ3v) is 4.82. The molecule has 0 aromatic heterocycles. The number of carbonyl (C=O) groups is 1. The molecule has 0 radical (unpaired) electrons. The number of rotatable bonds is 5. The largest absolute Gasteiger partial charge is 0.381 e. The van der Waals surface area contributed by atoms with E-state index in [2.05, 4.69) is 15.6 Å². The van der Waals surface area contributed by atoms with E-state index in [0.29, 0.717) is 13.0 Å². The minimum Gasteiger partial charge on any atom is -0.381 e. The first-order valence-corrected chi connectivity index (χ1v) is 8.50. The van der Waals surface area contributed by atoms with Gasteiger partial charge >= 0.3 is 0 Å². The standard InChI is InChI=1S/C16H30N4O3/c1-4-14(21)20-8-5-13(11-20)19-15(17-2)18-12-16(22-3)6-9-23-10-7-16/h13H,4-12H2,1-3H3,(H2,17,18,19). The maximum atomic E-state index is 11.8. The summed E-state index contributed by atoms with van der Waals surface area (Å²) >= 11 is 0. The van der Waals surface area contributed by atoms with Crippen LogP contribution in [0.15, 0.2) is 4.99 Å². The number of nitrogens with one attached hydrogen (secondary N) is 2. The van der Waals surface area contributed by atoms with Crippen molar-refractivity contribution in [1.29, 1.82) is 0 Å². The summed E-state index contributed by atoms with van der Waals surface area (Å²) in [7, 11) is 3.52. The summed E-state index contributed by atoms with van der Waals surface area (Å²) in [4.78, 5) is 18.0. The minimum atomic E-state index is -0.185. The Hall–Kier alpha value is -1.34. The van der Waals surface area contributed by atoms with Crippen molar-refractivity contribution in [1.82, 2.24) is 15.5 Å². The number of nitrogens with zero attached hydrogens (tertiary/aromatic N) is 2. The lowest BCUT2D eigenvalue weighted by Crippen LogP contribution is -2.52. The molecule has 2 aliphatic rings. The van der Waals surface area contributed by atoms with Crippen LogP contribution in [0.25, 0.3) is 0 Å². The van der Waals surface area contributed by atoms with Gasteiger partial charge < -0.3 is 25.0 Å². The van der Waals surface area contributed by atoms with Crippen molar-refractivity contribution in [2.75, 3.05) is 47.0 Å². The van der Waals surface area contributed by atoms with Crippen molar-refractivity contribution in [2.45, 2.75) is 44.2 Å². The van der Waals surface area contributed by atoms with Crippen LogP contribution in [0.5, 0.6) is 0 Å². The van der Waals surface area contributed by atoms with E-state index in [1.165, 1.54) is 0 Å². The van der Waals surface area contributed by atoms with Crippen molar-refractivity contribution in [2.24, 2.45) is 4.99 Å². The Kier molecular flexibility index (Phi) is 6.65. The molecule has 23 heavy (non-hydrogen) atoms. The van der Waals surface area contributed by atoms with Gasteiger partial charge in [-0.3, -0.25) is 9.79 Å². The average molecular weight is 326 g/mol. The molecule has 0 saturated carbocycles. The average Bonchev–Trinajstić information content (AvgIpc) is 3.07. The highest BCUT2D eigenvalue weighted by atomic mass is 16.5. The van der Waals surface area contributed by atoms with E-state index >= 15 is 0 Å². The highest BCUT2D eigenvalue weighted by Crippen LogP contribution is 2.23. The third kappa shape index (κ3) is 4.81. The molecule has 2 rings (SSSR count). The van der Waals surface area contributed by atoms with Crippen molar-refractivity contribution >= 4 is 11.9 Å². The molecule has 2 N–H and O–H groups in total. The maximum Gasteiger partial charge on any atom is 0.222 e. The SMILES string of the molecule is CCC(=O)N1CCC(NC(=NC)NCC2(OC)CCOCC2)C1. The van der Waals surface area contributed by atoms with Gasteiger partial charge in [-0.1, -0.05) is 6.92 Å². The molecule has 2 fully saturated rings. The summed E-state index contributed by atoms with van der Waals surface area (Å²) in [5, 5.41) is 6.78. The molecule has 1 unspecified atom stereocenters. The van der Waals surface area contributed by atoms with Gasteiger partial charge in [0, 0.05) is 72.3 Å². The third-order valence-electron chi connectivity index (χ3n) is 4.82. The van der Waals surface area contributed by atoms with Crippen LogP contribution in [0.2, 0.25) is 0 Å². The zero-order valence-corrected chi connectivity index (χ0v) is 14.6. The molecule has 1 atom stereocenters. The molecule has 2 aliphatic heterocycles.